The fourth-order valence-electron chi connectivity index (χ4n) is 1.68. The lowest BCUT2D eigenvalue weighted by Gasteiger charge is -2.07. The Morgan fingerprint density at radius 2 is 1.83 bits per heavy atom. The molecule has 0 aliphatic rings. The van der Waals surface area contributed by atoms with Crippen LogP contribution in [0.15, 0.2) is 47.4 Å². The summed E-state index contributed by atoms with van der Waals surface area (Å²) in [5.74, 6) is 1.80. The van der Waals surface area contributed by atoms with Gasteiger partial charge < -0.3 is 10.5 Å². The Morgan fingerprint density at radius 3 is 2.44 bits per heavy atom. The highest BCUT2D eigenvalue weighted by Gasteiger charge is 2.01. The van der Waals surface area contributed by atoms with E-state index in [9.17, 15) is 0 Å². The lowest BCUT2D eigenvalue weighted by Crippen LogP contribution is -1.90. The molecule has 0 amide bonds. The summed E-state index contributed by atoms with van der Waals surface area (Å²) in [5, 5.41) is 0. The highest BCUT2D eigenvalue weighted by Crippen LogP contribution is 2.29. The van der Waals surface area contributed by atoms with E-state index in [1.807, 2.05) is 25.1 Å². The standard InChI is InChI=1S/C15H17NOS/c1-11-3-8-15(14(16)9-11)18-10-12-4-6-13(17-2)7-5-12/h3-9H,10,16H2,1-2H3. The molecule has 0 saturated carbocycles. The highest BCUT2D eigenvalue weighted by atomic mass is 32.2. The largest absolute Gasteiger partial charge is 0.497 e. The summed E-state index contributed by atoms with van der Waals surface area (Å²) in [5.41, 5.74) is 9.31. The molecule has 2 nitrogen and oxygen atoms in total. The fourth-order valence-corrected chi connectivity index (χ4v) is 2.59. The smallest absolute Gasteiger partial charge is 0.118 e. The summed E-state index contributed by atoms with van der Waals surface area (Å²) in [7, 11) is 1.68. The van der Waals surface area contributed by atoms with Crippen molar-refractivity contribution >= 4 is 17.4 Å². The van der Waals surface area contributed by atoms with Gasteiger partial charge in [-0.1, -0.05) is 18.2 Å². The maximum Gasteiger partial charge on any atom is 0.118 e. The Morgan fingerprint density at radius 1 is 1.11 bits per heavy atom. The van der Waals surface area contributed by atoms with Crippen LogP contribution in [0.2, 0.25) is 0 Å². The van der Waals surface area contributed by atoms with Gasteiger partial charge in [0.2, 0.25) is 0 Å². The quantitative estimate of drug-likeness (QED) is 0.668. The zero-order valence-corrected chi connectivity index (χ0v) is 11.5. The number of rotatable bonds is 4. The van der Waals surface area contributed by atoms with Crippen molar-refractivity contribution < 1.29 is 4.74 Å². The Hall–Kier alpha value is -1.61. The molecular weight excluding hydrogens is 242 g/mol. The van der Waals surface area contributed by atoms with Gasteiger partial charge in [0, 0.05) is 16.3 Å². The zero-order chi connectivity index (χ0) is 13.0. The predicted molar refractivity (Wildman–Crippen MR) is 78.1 cm³/mol. The minimum absolute atomic E-state index is 0.855. The second-order valence-electron chi connectivity index (χ2n) is 4.18. The molecule has 2 aromatic rings. The molecular formula is C15H17NOS. The van der Waals surface area contributed by atoms with Crippen LogP contribution in [-0.2, 0) is 5.75 Å². The first-order chi connectivity index (χ1) is 8.69. The van der Waals surface area contributed by atoms with Gasteiger partial charge >= 0.3 is 0 Å². The van der Waals surface area contributed by atoms with Crippen LogP contribution < -0.4 is 10.5 Å². The average Bonchev–Trinajstić information content (AvgIpc) is 2.38. The summed E-state index contributed by atoms with van der Waals surface area (Å²) in [6.07, 6.45) is 0. The minimum Gasteiger partial charge on any atom is -0.497 e. The number of anilines is 1. The van der Waals surface area contributed by atoms with Gasteiger partial charge in [-0.25, -0.2) is 0 Å². The van der Waals surface area contributed by atoms with Gasteiger partial charge in [-0.3, -0.25) is 0 Å². The van der Waals surface area contributed by atoms with Crippen molar-refractivity contribution in [2.45, 2.75) is 17.6 Å². The van der Waals surface area contributed by atoms with Crippen molar-refractivity contribution in [2.24, 2.45) is 0 Å². The van der Waals surface area contributed by atoms with E-state index in [1.54, 1.807) is 18.9 Å². The SMILES string of the molecule is COc1ccc(CSc2ccc(C)cc2N)cc1. The van der Waals surface area contributed by atoms with Crippen molar-refractivity contribution in [3.63, 3.8) is 0 Å². The summed E-state index contributed by atoms with van der Waals surface area (Å²) in [6.45, 7) is 2.05. The maximum atomic E-state index is 5.99. The molecule has 0 atom stereocenters. The number of thioether (sulfide) groups is 1. The summed E-state index contributed by atoms with van der Waals surface area (Å²) in [4.78, 5) is 1.14. The topological polar surface area (TPSA) is 35.2 Å². The van der Waals surface area contributed by atoms with Crippen LogP contribution in [0.4, 0.5) is 5.69 Å². The molecule has 0 aromatic heterocycles. The van der Waals surface area contributed by atoms with Crippen LogP contribution in [0.5, 0.6) is 5.75 Å². The van der Waals surface area contributed by atoms with Crippen molar-refractivity contribution in [3.05, 3.63) is 53.6 Å². The molecule has 0 spiro atoms. The van der Waals surface area contributed by atoms with E-state index in [-0.39, 0.29) is 0 Å². The van der Waals surface area contributed by atoms with E-state index >= 15 is 0 Å². The van der Waals surface area contributed by atoms with Gasteiger partial charge in [0.25, 0.3) is 0 Å². The lowest BCUT2D eigenvalue weighted by molar-refractivity contribution is 0.414. The molecule has 3 heteroatoms. The minimum atomic E-state index is 0.855. The number of hydrogen-bond donors (Lipinski definition) is 1. The first kappa shape index (κ1) is 12.8. The second kappa shape index (κ2) is 5.83. The third kappa shape index (κ3) is 3.20. The summed E-state index contributed by atoms with van der Waals surface area (Å²) < 4.78 is 5.14. The molecule has 2 rings (SSSR count). The third-order valence-electron chi connectivity index (χ3n) is 2.72. The highest BCUT2D eigenvalue weighted by molar-refractivity contribution is 7.98. The Balaban J connectivity index is 2.02. The maximum absolute atomic E-state index is 5.99. The van der Waals surface area contributed by atoms with E-state index in [4.69, 9.17) is 10.5 Å². The Labute approximate surface area is 112 Å². The van der Waals surface area contributed by atoms with E-state index in [2.05, 4.69) is 24.3 Å². The molecule has 0 aliphatic heterocycles. The van der Waals surface area contributed by atoms with Crippen LogP contribution in [0.3, 0.4) is 0 Å². The van der Waals surface area contributed by atoms with Crippen LogP contribution >= 0.6 is 11.8 Å². The van der Waals surface area contributed by atoms with Crippen LogP contribution in [-0.4, -0.2) is 7.11 Å². The number of nitrogen functional groups attached to an aromatic ring is 1. The van der Waals surface area contributed by atoms with Crippen LogP contribution in [0.1, 0.15) is 11.1 Å². The number of hydrogen-bond acceptors (Lipinski definition) is 3. The second-order valence-corrected chi connectivity index (χ2v) is 5.20. The van der Waals surface area contributed by atoms with Gasteiger partial charge in [0.1, 0.15) is 5.75 Å². The van der Waals surface area contributed by atoms with Gasteiger partial charge in [0.05, 0.1) is 7.11 Å². The van der Waals surface area contributed by atoms with Gasteiger partial charge in [-0.2, -0.15) is 0 Å². The van der Waals surface area contributed by atoms with E-state index in [0.29, 0.717) is 0 Å². The molecule has 0 radical (unpaired) electrons. The molecule has 0 unspecified atom stereocenters. The van der Waals surface area contributed by atoms with Crippen molar-refractivity contribution in [1.82, 2.24) is 0 Å². The predicted octanol–water partition coefficient (Wildman–Crippen LogP) is 3.88. The normalized spacial score (nSPS) is 10.3. The Bertz CT molecular complexity index is 523. The number of benzene rings is 2. The number of aryl methyl sites for hydroxylation is 1. The average molecular weight is 259 g/mol. The van der Waals surface area contributed by atoms with E-state index < -0.39 is 0 Å². The molecule has 0 fully saturated rings. The first-order valence-corrected chi connectivity index (χ1v) is 6.79. The molecule has 94 valence electrons. The van der Waals surface area contributed by atoms with E-state index in [1.165, 1.54) is 11.1 Å². The molecule has 0 aliphatic carbocycles. The first-order valence-electron chi connectivity index (χ1n) is 5.81. The monoisotopic (exact) mass is 259 g/mol. The van der Waals surface area contributed by atoms with Crippen LogP contribution in [0, 0.1) is 6.92 Å². The third-order valence-corrected chi connectivity index (χ3v) is 3.88. The van der Waals surface area contributed by atoms with Crippen molar-refractivity contribution in [2.75, 3.05) is 12.8 Å². The lowest BCUT2D eigenvalue weighted by atomic mass is 10.2. The molecule has 0 bridgehead atoms. The van der Waals surface area contributed by atoms with E-state index in [0.717, 1.165) is 22.1 Å². The zero-order valence-electron chi connectivity index (χ0n) is 10.6. The van der Waals surface area contributed by atoms with Gasteiger partial charge in [-0.05, 0) is 42.3 Å². The van der Waals surface area contributed by atoms with Crippen molar-refractivity contribution in [3.8, 4) is 5.75 Å². The molecule has 18 heavy (non-hydrogen) atoms. The summed E-state index contributed by atoms with van der Waals surface area (Å²) >= 11 is 1.76. The van der Waals surface area contributed by atoms with Gasteiger partial charge in [-0.15, -0.1) is 11.8 Å². The molecule has 2 N–H and O–H groups in total. The fraction of sp³-hybridized carbons (Fsp3) is 0.200. The number of methoxy groups -OCH3 is 1. The Kier molecular flexibility index (Phi) is 4.15. The molecule has 0 saturated heterocycles. The number of nitrogens with two attached hydrogens (primary N) is 1. The molecule has 2 aromatic carbocycles. The number of ether oxygens (including phenoxy) is 1. The van der Waals surface area contributed by atoms with Crippen molar-refractivity contribution in [1.29, 1.82) is 0 Å². The molecule has 0 heterocycles. The summed E-state index contributed by atoms with van der Waals surface area (Å²) in [6, 6.07) is 14.3. The van der Waals surface area contributed by atoms with Crippen LogP contribution in [0.25, 0.3) is 0 Å². The van der Waals surface area contributed by atoms with Gasteiger partial charge in [0.15, 0.2) is 0 Å².